The predicted octanol–water partition coefficient (Wildman–Crippen LogP) is 5.10. The van der Waals surface area contributed by atoms with Gasteiger partial charge in [0.25, 0.3) is 5.91 Å². The standard InChI is InChI=1S/C23H17FN2O2/c24-20-13-16(8-11-22(20)28-19-6-2-1-3-7-19)15-26-23(27)18-9-10-21-17(14-18)5-4-12-25-21/h1-14H,15H2,(H,26,27). The number of fused-ring (bicyclic) bond motifs is 1. The highest BCUT2D eigenvalue weighted by Crippen LogP contribution is 2.25. The van der Waals surface area contributed by atoms with E-state index in [0.717, 1.165) is 10.9 Å². The molecule has 4 nitrogen and oxygen atoms in total. The Kier molecular flexibility index (Phi) is 4.97. The van der Waals surface area contributed by atoms with Gasteiger partial charge in [0.05, 0.1) is 5.52 Å². The fraction of sp³-hybridized carbons (Fsp3) is 0.0435. The van der Waals surface area contributed by atoms with Gasteiger partial charge in [-0.15, -0.1) is 0 Å². The van der Waals surface area contributed by atoms with E-state index in [2.05, 4.69) is 10.3 Å². The first kappa shape index (κ1) is 17.7. The van der Waals surface area contributed by atoms with E-state index in [-0.39, 0.29) is 18.2 Å². The Hall–Kier alpha value is -3.73. The number of hydrogen-bond acceptors (Lipinski definition) is 3. The number of amides is 1. The molecule has 0 bridgehead atoms. The number of ether oxygens (including phenoxy) is 1. The van der Waals surface area contributed by atoms with Gasteiger partial charge < -0.3 is 10.1 Å². The van der Waals surface area contributed by atoms with Crippen LogP contribution in [0.5, 0.6) is 11.5 Å². The fourth-order valence-electron chi connectivity index (χ4n) is 2.85. The Labute approximate surface area is 161 Å². The monoisotopic (exact) mass is 372 g/mol. The minimum atomic E-state index is -0.479. The molecule has 4 rings (SSSR count). The summed E-state index contributed by atoms with van der Waals surface area (Å²) in [5.74, 6) is -0.000271. The van der Waals surface area contributed by atoms with Gasteiger partial charge in [-0.25, -0.2) is 4.39 Å². The number of carbonyl (C=O) groups excluding carboxylic acids is 1. The summed E-state index contributed by atoms with van der Waals surface area (Å²) in [4.78, 5) is 16.6. The van der Waals surface area contributed by atoms with Crippen LogP contribution in [0.2, 0.25) is 0 Å². The van der Waals surface area contributed by atoms with E-state index in [1.165, 1.54) is 6.07 Å². The molecule has 0 saturated heterocycles. The Morgan fingerprint density at radius 2 is 1.82 bits per heavy atom. The van der Waals surface area contributed by atoms with Crippen LogP contribution in [0.1, 0.15) is 15.9 Å². The third kappa shape index (κ3) is 3.99. The molecule has 1 amide bonds. The molecule has 0 atom stereocenters. The van der Waals surface area contributed by atoms with Crippen LogP contribution in [0.4, 0.5) is 4.39 Å². The lowest BCUT2D eigenvalue weighted by atomic mass is 10.1. The van der Waals surface area contributed by atoms with Gasteiger partial charge in [-0.05, 0) is 54.1 Å². The molecule has 1 aromatic heterocycles. The van der Waals surface area contributed by atoms with E-state index < -0.39 is 5.82 Å². The number of rotatable bonds is 5. The van der Waals surface area contributed by atoms with Crippen LogP contribution in [0.15, 0.2) is 85.1 Å². The van der Waals surface area contributed by atoms with Crippen LogP contribution in [0.25, 0.3) is 10.9 Å². The van der Waals surface area contributed by atoms with Crippen molar-refractivity contribution in [1.82, 2.24) is 10.3 Å². The van der Waals surface area contributed by atoms with Crippen molar-refractivity contribution in [2.45, 2.75) is 6.54 Å². The molecule has 0 saturated carbocycles. The number of carbonyl (C=O) groups is 1. The quantitative estimate of drug-likeness (QED) is 0.530. The number of hydrogen-bond donors (Lipinski definition) is 1. The van der Waals surface area contributed by atoms with Gasteiger partial charge in [0.2, 0.25) is 0 Å². The van der Waals surface area contributed by atoms with E-state index in [1.54, 1.807) is 48.7 Å². The molecule has 1 heterocycles. The second-order valence-corrected chi connectivity index (χ2v) is 6.27. The lowest BCUT2D eigenvalue weighted by molar-refractivity contribution is 0.0951. The van der Waals surface area contributed by atoms with E-state index >= 15 is 0 Å². The van der Waals surface area contributed by atoms with Crippen molar-refractivity contribution in [1.29, 1.82) is 0 Å². The normalized spacial score (nSPS) is 10.6. The third-order valence-corrected chi connectivity index (χ3v) is 4.29. The molecule has 0 spiro atoms. The average molecular weight is 372 g/mol. The summed E-state index contributed by atoms with van der Waals surface area (Å²) in [6, 6.07) is 22.7. The fourth-order valence-corrected chi connectivity index (χ4v) is 2.85. The van der Waals surface area contributed by atoms with Crippen LogP contribution < -0.4 is 10.1 Å². The van der Waals surface area contributed by atoms with E-state index in [9.17, 15) is 9.18 Å². The predicted molar refractivity (Wildman–Crippen MR) is 106 cm³/mol. The lowest BCUT2D eigenvalue weighted by Gasteiger charge is -2.09. The van der Waals surface area contributed by atoms with Crippen molar-refractivity contribution in [2.24, 2.45) is 0 Å². The molecular formula is C23H17FN2O2. The number of aromatic nitrogens is 1. The van der Waals surface area contributed by atoms with Crippen molar-refractivity contribution in [2.75, 3.05) is 0 Å². The maximum Gasteiger partial charge on any atom is 0.251 e. The summed E-state index contributed by atoms with van der Waals surface area (Å²) in [5.41, 5.74) is 2.01. The second-order valence-electron chi connectivity index (χ2n) is 6.27. The van der Waals surface area contributed by atoms with E-state index in [0.29, 0.717) is 16.9 Å². The minimum absolute atomic E-state index is 0.142. The summed E-state index contributed by atoms with van der Waals surface area (Å²) >= 11 is 0. The summed E-state index contributed by atoms with van der Waals surface area (Å²) in [6.45, 7) is 0.215. The van der Waals surface area contributed by atoms with Crippen LogP contribution in [-0.4, -0.2) is 10.9 Å². The van der Waals surface area contributed by atoms with Gasteiger partial charge in [-0.2, -0.15) is 0 Å². The molecule has 28 heavy (non-hydrogen) atoms. The van der Waals surface area contributed by atoms with Gasteiger partial charge in [0.15, 0.2) is 11.6 Å². The number of para-hydroxylation sites is 1. The highest BCUT2D eigenvalue weighted by molar-refractivity contribution is 5.97. The Morgan fingerprint density at radius 1 is 0.964 bits per heavy atom. The summed E-state index contributed by atoms with van der Waals surface area (Å²) in [6.07, 6.45) is 1.71. The first-order chi connectivity index (χ1) is 13.7. The van der Waals surface area contributed by atoms with Crippen LogP contribution >= 0.6 is 0 Å². The van der Waals surface area contributed by atoms with Crippen molar-refractivity contribution >= 4 is 16.8 Å². The van der Waals surface area contributed by atoms with Crippen molar-refractivity contribution < 1.29 is 13.9 Å². The second kappa shape index (κ2) is 7.88. The smallest absolute Gasteiger partial charge is 0.251 e. The van der Waals surface area contributed by atoms with Crippen molar-refractivity contribution in [3.8, 4) is 11.5 Å². The summed E-state index contributed by atoms with van der Waals surface area (Å²) in [7, 11) is 0. The van der Waals surface area contributed by atoms with Crippen LogP contribution in [-0.2, 0) is 6.54 Å². The molecule has 0 fully saturated rings. The van der Waals surface area contributed by atoms with Crippen LogP contribution in [0, 0.1) is 5.82 Å². The summed E-state index contributed by atoms with van der Waals surface area (Å²) in [5, 5.41) is 3.70. The number of benzene rings is 3. The largest absolute Gasteiger partial charge is 0.454 e. The van der Waals surface area contributed by atoms with Gasteiger partial charge >= 0.3 is 0 Å². The highest BCUT2D eigenvalue weighted by Gasteiger charge is 2.09. The van der Waals surface area contributed by atoms with Gasteiger partial charge in [-0.1, -0.05) is 30.3 Å². The summed E-state index contributed by atoms with van der Waals surface area (Å²) < 4.78 is 19.8. The molecule has 0 aliphatic carbocycles. The molecule has 0 aliphatic rings. The zero-order chi connectivity index (χ0) is 19.3. The topological polar surface area (TPSA) is 51.2 Å². The molecule has 4 aromatic rings. The molecule has 0 unspecified atom stereocenters. The third-order valence-electron chi connectivity index (χ3n) is 4.29. The SMILES string of the molecule is O=C(NCc1ccc(Oc2ccccc2)c(F)c1)c1ccc2ncccc2c1. The minimum Gasteiger partial charge on any atom is -0.454 e. The molecule has 0 aliphatic heterocycles. The molecule has 5 heteroatoms. The maximum absolute atomic E-state index is 14.3. The first-order valence-corrected chi connectivity index (χ1v) is 8.83. The van der Waals surface area contributed by atoms with Gasteiger partial charge in [0.1, 0.15) is 5.75 Å². The van der Waals surface area contributed by atoms with Crippen LogP contribution in [0.3, 0.4) is 0 Å². The maximum atomic E-state index is 14.3. The van der Waals surface area contributed by atoms with Gasteiger partial charge in [0, 0.05) is 23.7 Å². The molecule has 0 radical (unpaired) electrons. The molecule has 3 aromatic carbocycles. The zero-order valence-electron chi connectivity index (χ0n) is 14.9. The number of nitrogens with zero attached hydrogens (tertiary/aromatic N) is 1. The van der Waals surface area contributed by atoms with Gasteiger partial charge in [-0.3, -0.25) is 9.78 Å². The molecule has 1 N–H and O–H groups in total. The zero-order valence-corrected chi connectivity index (χ0v) is 14.9. The van der Waals surface area contributed by atoms with Crippen molar-refractivity contribution in [3.63, 3.8) is 0 Å². The van der Waals surface area contributed by atoms with E-state index in [1.807, 2.05) is 30.3 Å². The first-order valence-electron chi connectivity index (χ1n) is 8.83. The Bertz CT molecular complexity index is 1130. The number of pyridine rings is 1. The molecular weight excluding hydrogens is 355 g/mol. The van der Waals surface area contributed by atoms with E-state index in [4.69, 9.17) is 4.74 Å². The average Bonchev–Trinajstić information content (AvgIpc) is 2.74. The highest BCUT2D eigenvalue weighted by atomic mass is 19.1. The number of nitrogens with one attached hydrogen (secondary N) is 1. The lowest BCUT2D eigenvalue weighted by Crippen LogP contribution is -2.22. The number of halogens is 1. The Balaban J connectivity index is 1.42. The Morgan fingerprint density at radius 3 is 2.64 bits per heavy atom. The van der Waals surface area contributed by atoms with Crippen molar-refractivity contribution in [3.05, 3.63) is 102 Å². The molecule has 138 valence electrons.